The fourth-order valence-corrected chi connectivity index (χ4v) is 3.77. The normalized spacial score (nSPS) is 13.1. The minimum absolute atomic E-state index is 0.0853. The largest absolute Gasteiger partial charge is 0.399 e. The average Bonchev–Trinajstić information content (AvgIpc) is 2.78. The number of benzene rings is 3. The smallest absolute Gasteiger partial charge is 0.296 e. The van der Waals surface area contributed by atoms with Crippen LogP contribution >= 0.6 is 0 Å². The van der Waals surface area contributed by atoms with Crippen molar-refractivity contribution in [3.05, 3.63) is 91.0 Å². The standard InChI is InChI=1S/C24H20N4O4S/c25-16-1-3-17(4-2-16)27-21-11-14-23(24(15-21)33(30,31)32)28-20-7-5-18(6-8-20)26-19-9-12-22(29)13-10-19/h1-15,27-28H,25H2,(H,30,31,32). The molecule has 0 atom stereocenters. The quantitative estimate of drug-likeness (QED) is 0.236. The van der Waals surface area contributed by atoms with Crippen LogP contribution in [0.1, 0.15) is 0 Å². The van der Waals surface area contributed by atoms with Crippen LogP contribution in [0.2, 0.25) is 0 Å². The van der Waals surface area contributed by atoms with Crippen LogP contribution in [0.3, 0.4) is 0 Å². The molecule has 0 saturated carbocycles. The van der Waals surface area contributed by atoms with Gasteiger partial charge in [0.15, 0.2) is 5.78 Å². The van der Waals surface area contributed by atoms with Crippen LogP contribution in [-0.2, 0) is 14.9 Å². The Kier molecular flexibility index (Phi) is 6.07. The molecule has 0 radical (unpaired) electrons. The van der Waals surface area contributed by atoms with E-state index in [2.05, 4.69) is 15.6 Å². The monoisotopic (exact) mass is 460 g/mol. The summed E-state index contributed by atoms with van der Waals surface area (Å²) in [5.41, 5.74) is 9.63. The van der Waals surface area contributed by atoms with Crippen molar-refractivity contribution in [2.75, 3.05) is 16.4 Å². The molecule has 0 amide bonds. The first kappa shape index (κ1) is 22.0. The second-order valence-electron chi connectivity index (χ2n) is 7.21. The minimum Gasteiger partial charge on any atom is -0.399 e. The van der Waals surface area contributed by atoms with Gasteiger partial charge >= 0.3 is 0 Å². The van der Waals surface area contributed by atoms with E-state index in [9.17, 15) is 17.8 Å². The number of allylic oxidation sites excluding steroid dienone is 4. The van der Waals surface area contributed by atoms with Crippen molar-refractivity contribution in [1.82, 2.24) is 0 Å². The molecule has 33 heavy (non-hydrogen) atoms. The van der Waals surface area contributed by atoms with Gasteiger partial charge in [0.25, 0.3) is 10.1 Å². The van der Waals surface area contributed by atoms with E-state index >= 15 is 0 Å². The van der Waals surface area contributed by atoms with Crippen molar-refractivity contribution < 1.29 is 17.8 Å². The van der Waals surface area contributed by atoms with Gasteiger partial charge in [-0.3, -0.25) is 9.35 Å². The number of hydrogen-bond donors (Lipinski definition) is 4. The van der Waals surface area contributed by atoms with E-state index in [0.29, 0.717) is 28.5 Å². The number of nitrogens with one attached hydrogen (secondary N) is 2. The average molecular weight is 461 g/mol. The number of ketones is 1. The van der Waals surface area contributed by atoms with Crippen LogP contribution < -0.4 is 16.4 Å². The molecule has 0 saturated heterocycles. The van der Waals surface area contributed by atoms with E-state index in [1.54, 1.807) is 72.8 Å². The molecule has 0 fully saturated rings. The van der Waals surface area contributed by atoms with Crippen molar-refractivity contribution in [3.63, 3.8) is 0 Å². The van der Waals surface area contributed by atoms with Gasteiger partial charge in [0.1, 0.15) is 4.90 Å². The maximum Gasteiger partial charge on any atom is 0.296 e. The molecule has 4 rings (SSSR count). The molecule has 166 valence electrons. The van der Waals surface area contributed by atoms with Gasteiger partial charge < -0.3 is 16.4 Å². The molecule has 8 nitrogen and oxygen atoms in total. The molecule has 0 aromatic heterocycles. The molecule has 9 heteroatoms. The Balaban J connectivity index is 1.55. The zero-order valence-corrected chi connectivity index (χ0v) is 18.1. The van der Waals surface area contributed by atoms with Crippen LogP contribution in [0.25, 0.3) is 0 Å². The lowest BCUT2D eigenvalue weighted by atomic mass is 10.1. The fraction of sp³-hybridized carbons (Fsp3) is 0. The lowest BCUT2D eigenvalue weighted by Gasteiger charge is -2.13. The van der Waals surface area contributed by atoms with E-state index in [4.69, 9.17) is 5.73 Å². The maximum absolute atomic E-state index is 12.0. The van der Waals surface area contributed by atoms with Gasteiger partial charge in [-0.1, -0.05) is 0 Å². The molecule has 0 heterocycles. The molecule has 1 aliphatic rings. The third kappa shape index (κ3) is 5.73. The molecular weight excluding hydrogens is 440 g/mol. The summed E-state index contributed by atoms with van der Waals surface area (Å²) in [6, 6.07) is 18.5. The molecule has 3 aromatic carbocycles. The zero-order valence-electron chi connectivity index (χ0n) is 17.3. The molecule has 0 spiro atoms. The number of anilines is 5. The van der Waals surface area contributed by atoms with Crippen molar-refractivity contribution in [2.45, 2.75) is 4.90 Å². The number of hydrogen-bond acceptors (Lipinski definition) is 7. The summed E-state index contributed by atoms with van der Waals surface area (Å²) in [7, 11) is -4.49. The van der Waals surface area contributed by atoms with Crippen LogP contribution in [0.15, 0.2) is 101 Å². The zero-order chi connectivity index (χ0) is 23.4. The van der Waals surface area contributed by atoms with Crippen LogP contribution in [0, 0.1) is 0 Å². The Bertz CT molecular complexity index is 1370. The molecule has 0 bridgehead atoms. The molecule has 3 aromatic rings. The third-order valence-electron chi connectivity index (χ3n) is 4.70. The highest BCUT2D eigenvalue weighted by molar-refractivity contribution is 7.86. The minimum atomic E-state index is -4.49. The van der Waals surface area contributed by atoms with Crippen molar-refractivity contribution in [3.8, 4) is 0 Å². The number of carbonyl (C=O) groups is 1. The highest BCUT2D eigenvalue weighted by Gasteiger charge is 2.17. The van der Waals surface area contributed by atoms with Gasteiger partial charge in [-0.15, -0.1) is 0 Å². The second kappa shape index (κ2) is 9.11. The van der Waals surface area contributed by atoms with E-state index < -0.39 is 10.1 Å². The topological polar surface area (TPSA) is 134 Å². The van der Waals surface area contributed by atoms with E-state index in [1.165, 1.54) is 18.2 Å². The van der Waals surface area contributed by atoms with E-state index in [1.807, 2.05) is 0 Å². The van der Waals surface area contributed by atoms with Crippen LogP contribution in [0.4, 0.5) is 34.1 Å². The van der Waals surface area contributed by atoms with Crippen molar-refractivity contribution in [2.24, 2.45) is 4.99 Å². The molecule has 0 unspecified atom stereocenters. The van der Waals surface area contributed by atoms with Crippen LogP contribution in [0.5, 0.6) is 0 Å². The number of rotatable bonds is 6. The van der Waals surface area contributed by atoms with Gasteiger partial charge in [0, 0.05) is 22.7 Å². The number of aliphatic imine (C=N–C) groups is 1. The summed E-state index contributed by atoms with van der Waals surface area (Å²) in [6.07, 6.45) is 6.15. The number of nitrogen functional groups attached to an aromatic ring is 1. The van der Waals surface area contributed by atoms with Crippen molar-refractivity contribution >= 4 is 55.7 Å². The van der Waals surface area contributed by atoms with Crippen LogP contribution in [-0.4, -0.2) is 24.5 Å². The number of carbonyl (C=O) groups excluding carboxylic acids is 1. The van der Waals surface area contributed by atoms with Gasteiger partial charge in [-0.2, -0.15) is 8.42 Å². The van der Waals surface area contributed by atoms with E-state index in [0.717, 1.165) is 5.69 Å². The van der Waals surface area contributed by atoms with Gasteiger partial charge in [0.05, 0.1) is 17.1 Å². The predicted octanol–water partition coefficient (Wildman–Crippen LogP) is 4.77. The summed E-state index contributed by atoms with van der Waals surface area (Å²) < 4.78 is 33.8. The third-order valence-corrected chi connectivity index (χ3v) is 5.59. The highest BCUT2D eigenvalue weighted by atomic mass is 32.2. The fourth-order valence-electron chi connectivity index (χ4n) is 3.09. The SMILES string of the molecule is Nc1ccc(Nc2ccc(Nc3ccc(N=C4C=CC(=O)C=C4)cc3)c(S(=O)(=O)O)c2)cc1. The molecule has 0 aliphatic heterocycles. The first-order valence-electron chi connectivity index (χ1n) is 9.86. The molecular formula is C24H20N4O4S. The van der Waals surface area contributed by atoms with Gasteiger partial charge in [-0.05, 0) is 91.0 Å². The number of nitrogens with two attached hydrogens (primary N) is 1. The summed E-state index contributed by atoms with van der Waals surface area (Å²) in [5, 5.41) is 6.09. The van der Waals surface area contributed by atoms with Gasteiger partial charge in [0.2, 0.25) is 0 Å². The highest BCUT2D eigenvalue weighted by Crippen LogP contribution is 2.30. The lowest BCUT2D eigenvalue weighted by Crippen LogP contribution is -2.04. The molecule has 1 aliphatic carbocycles. The lowest BCUT2D eigenvalue weighted by molar-refractivity contribution is -0.110. The second-order valence-corrected chi connectivity index (χ2v) is 8.60. The maximum atomic E-state index is 12.0. The van der Waals surface area contributed by atoms with E-state index in [-0.39, 0.29) is 16.4 Å². The summed E-state index contributed by atoms with van der Waals surface area (Å²) in [6.45, 7) is 0. The predicted molar refractivity (Wildman–Crippen MR) is 131 cm³/mol. The summed E-state index contributed by atoms with van der Waals surface area (Å²) >= 11 is 0. The Morgan fingerprint density at radius 1 is 0.758 bits per heavy atom. The molecule has 5 N–H and O–H groups in total. The first-order valence-corrected chi connectivity index (χ1v) is 11.3. The van der Waals surface area contributed by atoms with Gasteiger partial charge in [-0.25, -0.2) is 4.99 Å². The Morgan fingerprint density at radius 2 is 1.33 bits per heavy atom. The summed E-state index contributed by atoms with van der Waals surface area (Å²) in [4.78, 5) is 15.4. The Labute approximate surface area is 190 Å². The number of nitrogens with zero attached hydrogens (tertiary/aromatic N) is 1. The first-order chi connectivity index (χ1) is 15.8. The summed E-state index contributed by atoms with van der Waals surface area (Å²) in [5.74, 6) is -0.0853. The van der Waals surface area contributed by atoms with Crippen molar-refractivity contribution in [1.29, 1.82) is 0 Å². The Hall–Kier alpha value is -4.21. The Morgan fingerprint density at radius 3 is 1.97 bits per heavy atom.